The highest BCUT2D eigenvalue weighted by Gasteiger charge is 2.30. The van der Waals surface area contributed by atoms with E-state index in [2.05, 4.69) is 55.4 Å². The Morgan fingerprint density at radius 2 is 0.480 bits per heavy atom. The normalized spacial score (nSPS) is 14.3. The van der Waals surface area contributed by atoms with E-state index < -0.39 is 97.5 Å². The van der Waals surface area contributed by atoms with Crippen LogP contribution >= 0.6 is 15.6 Å². The summed E-state index contributed by atoms with van der Waals surface area (Å²) in [5.74, 6) is 0.972. The second-order valence-corrected chi connectivity index (χ2v) is 33.7. The van der Waals surface area contributed by atoms with Crippen molar-refractivity contribution in [1.29, 1.82) is 0 Å². The summed E-state index contributed by atoms with van der Waals surface area (Å²) in [6.45, 7) is 14.2. The predicted octanol–water partition coefficient (Wildman–Crippen LogP) is 24.0. The fourth-order valence-corrected chi connectivity index (χ4v) is 14.0. The first-order valence-corrected chi connectivity index (χ1v) is 44.7. The van der Waals surface area contributed by atoms with Gasteiger partial charge in [0.2, 0.25) is 0 Å². The zero-order valence-corrected chi connectivity index (χ0v) is 67.6. The topological polar surface area (TPSA) is 237 Å². The Morgan fingerprint density at radius 3 is 0.710 bits per heavy atom. The Kier molecular flexibility index (Phi) is 68.7. The molecule has 0 aromatic carbocycles. The number of hydrogen-bond acceptors (Lipinski definition) is 15. The molecule has 0 aliphatic rings. The van der Waals surface area contributed by atoms with E-state index >= 15 is 0 Å². The summed E-state index contributed by atoms with van der Waals surface area (Å²) in [7, 11) is -9.92. The third-order valence-corrected chi connectivity index (χ3v) is 21.1. The third kappa shape index (κ3) is 73.0. The molecule has 0 spiro atoms. The summed E-state index contributed by atoms with van der Waals surface area (Å²) >= 11 is 0. The molecule has 0 aromatic rings. The lowest BCUT2D eigenvalue weighted by molar-refractivity contribution is -0.161. The van der Waals surface area contributed by atoms with E-state index in [1.807, 2.05) is 0 Å². The number of hydrogen-bond donors (Lipinski definition) is 3. The summed E-state index contributed by atoms with van der Waals surface area (Å²) in [5, 5.41) is 10.6. The fraction of sp³-hybridized carbons (Fsp3) is 0.951. The van der Waals surface area contributed by atoms with Gasteiger partial charge in [0.15, 0.2) is 12.2 Å². The van der Waals surface area contributed by atoms with Crippen LogP contribution in [0.25, 0.3) is 0 Å². The van der Waals surface area contributed by atoms with Crippen molar-refractivity contribution in [2.45, 2.75) is 433 Å². The van der Waals surface area contributed by atoms with Crippen LogP contribution in [0.5, 0.6) is 0 Å². The molecule has 0 saturated heterocycles. The van der Waals surface area contributed by atoms with Crippen LogP contribution < -0.4 is 0 Å². The number of phosphoric ester groups is 2. The summed E-state index contributed by atoms with van der Waals surface area (Å²) < 4.78 is 68.7. The minimum absolute atomic E-state index is 0.107. The number of esters is 4. The first-order valence-electron chi connectivity index (χ1n) is 41.7. The Balaban J connectivity index is 5.18. The summed E-state index contributed by atoms with van der Waals surface area (Å²) in [6.07, 6.45) is 57.1. The lowest BCUT2D eigenvalue weighted by Crippen LogP contribution is -2.30. The zero-order valence-electron chi connectivity index (χ0n) is 65.8. The summed E-state index contributed by atoms with van der Waals surface area (Å²) in [4.78, 5) is 72.9. The van der Waals surface area contributed by atoms with E-state index in [0.717, 1.165) is 114 Å². The quantitative estimate of drug-likeness (QED) is 0.0222. The van der Waals surface area contributed by atoms with Crippen LogP contribution in [0.4, 0.5) is 0 Å². The van der Waals surface area contributed by atoms with E-state index in [4.69, 9.17) is 37.0 Å². The number of rotatable bonds is 78. The molecule has 6 atom stereocenters. The van der Waals surface area contributed by atoms with Crippen molar-refractivity contribution in [3.8, 4) is 0 Å². The van der Waals surface area contributed by atoms with Gasteiger partial charge in [-0.2, -0.15) is 0 Å². The molecule has 17 nitrogen and oxygen atoms in total. The molecule has 0 aliphatic heterocycles. The van der Waals surface area contributed by atoms with Gasteiger partial charge in [0.1, 0.15) is 19.3 Å². The van der Waals surface area contributed by atoms with Gasteiger partial charge in [0.25, 0.3) is 0 Å². The summed E-state index contributed by atoms with van der Waals surface area (Å²) in [5.41, 5.74) is 0. The van der Waals surface area contributed by atoms with Crippen molar-refractivity contribution < 1.29 is 80.2 Å². The highest BCUT2D eigenvalue weighted by atomic mass is 31.2. The Morgan fingerprint density at radius 1 is 0.280 bits per heavy atom. The average molecular weight is 1470 g/mol. The lowest BCUT2D eigenvalue weighted by Gasteiger charge is -2.21. The highest BCUT2D eigenvalue weighted by molar-refractivity contribution is 7.47. The maximum Gasteiger partial charge on any atom is 0.472 e. The molecule has 0 saturated carbocycles. The van der Waals surface area contributed by atoms with Crippen molar-refractivity contribution in [3.05, 3.63) is 0 Å². The molecular formula is C81H158O17P2. The van der Waals surface area contributed by atoms with Gasteiger partial charge in [0.05, 0.1) is 26.4 Å². The van der Waals surface area contributed by atoms with Crippen LogP contribution in [0.2, 0.25) is 0 Å². The lowest BCUT2D eigenvalue weighted by atomic mass is 9.99. The number of aliphatic hydroxyl groups excluding tert-OH is 1. The largest absolute Gasteiger partial charge is 0.472 e. The van der Waals surface area contributed by atoms with Gasteiger partial charge in [-0.15, -0.1) is 0 Å². The van der Waals surface area contributed by atoms with E-state index in [0.29, 0.717) is 31.6 Å². The molecule has 594 valence electrons. The molecule has 0 fully saturated rings. The Labute approximate surface area is 613 Å². The van der Waals surface area contributed by atoms with Crippen LogP contribution in [0.15, 0.2) is 0 Å². The zero-order chi connectivity index (χ0) is 73.8. The van der Waals surface area contributed by atoms with Crippen LogP contribution in [0.1, 0.15) is 415 Å². The molecule has 0 heterocycles. The number of unbranched alkanes of at least 4 members (excludes halogenated alkanes) is 43. The van der Waals surface area contributed by atoms with Gasteiger partial charge in [-0.3, -0.25) is 37.3 Å². The second-order valence-electron chi connectivity index (χ2n) is 30.8. The fourth-order valence-electron chi connectivity index (χ4n) is 12.4. The first kappa shape index (κ1) is 98.1. The molecule has 3 N–H and O–H groups in total. The second kappa shape index (κ2) is 70.1. The molecule has 0 rings (SSSR count). The molecule has 0 bridgehead atoms. The maximum absolute atomic E-state index is 13.1. The van der Waals surface area contributed by atoms with Crippen molar-refractivity contribution in [2.75, 3.05) is 39.6 Å². The van der Waals surface area contributed by atoms with Gasteiger partial charge in [-0.1, -0.05) is 364 Å². The van der Waals surface area contributed by atoms with Gasteiger partial charge >= 0.3 is 39.5 Å². The minimum atomic E-state index is -4.96. The van der Waals surface area contributed by atoms with Gasteiger partial charge < -0.3 is 33.8 Å². The van der Waals surface area contributed by atoms with E-state index in [1.165, 1.54) is 212 Å². The monoisotopic (exact) mass is 1470 g/mol. The van der Waals surface area contributed by atoms with Gasteiger partial charge in [-0.25, -0.2) is 9.13 Å². The number of ether oxygens (including phenoxy) is 4. The Hall–Kier alpha value is -1.94. The molecule has 19 heteroatoms. The SMILES string of the molecule is CCC(C)CCCCCCCCCCCCCCCCC(=O)O[C@H](COC(=O)CCCCCCCCCCCC(C)C)COP(=O)(O)OCC(O)COP(=O)(O)OC[C@@H](COC(=O)CCCCCCCCC(C)C)OC(=O)CCCCCCCCCCCCCCCCCCCCC(C)C. The number of carbonyl (C=O) groups is 4. The van der Waals surface area contributed by atoms with Crippen molar-refractivity contribution in [1.82, 2.24) is 0 Å². The highest BCUT2D eigenvalue weighted by Crippen LogP contribution is 2.45. The van der Waals surface area contributed by atoms with Gasteiger partial charge in [0, 0.05) is 25.7 Å². The van der Waals surface area contributed by atoms with E-state index in [9.17, 15) is 43.2 Å². The van der Waals surface area contributed by atoms with Gasteiger partial charge in [-0.05, 0) is 49.4 Å². The maximum atomic E-state index is 13.1. The molecule has 0 radical (unpaired) electrons. The van der Waals surface area contributed by atoms with Crippen molar-refractivity contribution in [3.63, 3.8) is 0 Å². The third-order valence-electron chi connectivity index (χ3n) is 19.2. The van der Waals surface area contributed by atoms with Crippen molar-refractivity contribution in [2.24, 2.45) is 23.7 Å². The molecule has 0 amide bonds. The van der Waals surface area contributed by atoms with Crippen LogP contribution in [0, 0.1) is 23.7 Å². The standard InChI is InChI=1S/C81H158O17P2/c1-9-74(8)60-52-44-35-29-23-19-16-17-21-25-31-38-48-56-63-80(85)97-76(67-91-78(83)61-53-45-36-32-26-28-34-42-50-58-72(4)5)69-95-99(87,88)93-65-75(82)66-94-100(89,90)96-70-77(68-92-79(84)62-54-46-40-39-43-51-59-73(6)7)98-81(86)64-55-47-37-30-24-20-15-13-11-10-12-14-18-22-27-33-41-49-57-71(2)3/h71-77,82H,9-70H2,1-8H3,(H,87,88)(H,89,90)/t74?,75?,76-,77-/m1/s1. The number of phosphoric acid groups is 2. The van der Waals surface area contributed by atoms with E-state index in [-0.39, 0.29) is 25.7 Å². The van der Waals surface area contributed by atoms with Crippen molar-refractivity contribution >= 4 is 39.5 Å². The van der Waals surface area contributed by atoms with Crippen LogP contribution in [-0.4, -0.2) is 96.7 Å². The Bertz CT molecular complexity index is 1960. The minimum Gasteiger partial charge on any atom is -0.462 e. The molecule has 0 aromatic heterocycles. The number of carbonyl (C=O) groups excluding carboxylic acids is 4. The van der Waals surface area contributed by atoms with Crippen LogP contribution in [-0.2, 0) is 65.4 Å². The average Bonchev–Trinajstić information content (AvgIpc) is 0.936. The molecule has 0 aliphatic carbocycles. The smallest absolute Gasteiger partial charge is 0.462 e. The summed E-state index contributed by atoms with van der Waals surface area (Å²) in [6, 6.07) is 0. The molecule has 100 heavy (non-hydrogen) atoms. The first-order chi connectivity index (χ1) is 48.1. The predicted molar refractivity (Wildman–Crippen MR) is 409 cm³/mol. The number of aliphatic hydroxyl groups is 1. The molecular weight excluding hydrogens is 1310 g/mol. The van der Waals surface area contributed by atoms with Crippen LogP contribution in [0.3, 0.4) is 0 Å². The molecule has 4 unspecified atom stereocenters. The van der Waals surface area contributed by atoms with E-state index in [1.54, 1.807) is 0 Å².